The second-order valence-corrected chi connectivity index (χ2v) is 9.71. The number of hydrogen-bond donors (Lipinski definition) is 1. The van der Waals surface area contributed by atoms with Gasteiger partial charge in [0.15, 0.2) is 5.82 Å². The Morgan fingerprint density at radius 1 is 0.800 bits per heavy atom. The molecule has 0 saturated carbocycles. The monoisotopic (exact) mass is 537 g/mol. The van der Waals surface area contributed by atoms with E-state index in [1.54, 1.807) is 4.57 Å². The van der Waals surface area contributed by atoms with Crippen molar-refractivity contribution in [1.29, 1.82) is 5.41 Å². The molecule has 1 saturated heterocycles. The third kappa shape index (κ3) is 4.77. The molecule has 4 aromatic carbocycles. The van der Waals surface area contributed by atoms with E-state index >= 15 is 0 Å². The van der Waals surface area contributed by atoms with Crippen LogP contribution in [0, 0.1) is 5.41 Å². The summed E-state index contributed by atoms with van der Waals surface area (Å²) in [6.45, 7) is 1.54. The zero-order chi connectivity index (χ0) is 27.7. The Morgan fingerprint density at radius 2 is 1.43 bits per heavy atom. The Labute approximate surface area is 229 Å². The summed E-state index contributed by atoms with van der Waals surface area (Å²) in [4.78, 5) is 11.5. The van der Waals surface area contributed by atoms with Gasteiger partial charge in [0, 0.05) is 24.2 Å². The van der Waals surface area contributed by atoms with Gasteiger partial charge in [-0.25, -0.2) is 4.98 Å². The van der Waals surface area contributed by atoms with Crippen molar-refractivity contribution < 1.29 is 13.2 Å². The maximum atomic E-state index is 13.6. The molecule has 0 atom stereocenters. The Morgan fingerprint density at radius 3 is 2.05 bits per heavy atom. The first kappa shape index (κ1) is 25.6. The molecule has 0 aliphatic carbocycles. The van der Waals surface area contributed by atoms with Crippen molar-refractivity contribution in [3.63, 3.8) is 0 Å². The van der Waals surface area contributed by atoms with E-state index in [-0.39, 0.29) is 5.69 Å². The molecule has 1 N–H and O–H groups in total. The second-order valence-electron chi connectivity index (χ2n) is 9.71. The Bertz CT molecular complexity index is 1700. The van der Waals surface area contributed by atoms with Crippen molar-refractivity contribution in [3.8, 4) is 22.3 Å². The summed E-state index contributed by atoms with van der Waals surface area (Å²) in [6, 6.07) is 27.4. The fourth-order valence-corrected chi connectivity index (χ4v) is 5.30. The molecule has 1 fully saturated rings. The second kappa shape index (κ2) is 10.4. The normalized spacial score (nSPS) is 13.9. The summed E-state index contributed by atoms with van der Waals surface area (Å²) in [6.07, 6.45) is 0.122. The Balaban J connectivity index is 1.54. The molecule has 0 spiro atoms. The van der Waals surface area contributed by atoms with E-state index in [1.165, 1.54) is 18.6 Å². The number of imidazole rings is 1. The van der Waals surface area contributed by atoms with Gasteiger partial charge in [-0.1, -0.05) is 72.8 Å². The van der Waals surface area contributed by atoms with Gasteiger partial charge in [0.05, 0.1) is 40.5 Å². The molecular weight excluding hydrogens is 511 g/mol. The Hall–Kier alpha value is -4.72. The fourth-order valence-electron chi connectivity index (χ4n) is 5.30. The number of alkyl halides is 3. The van der Waals surface area contributed by atoms with Crippen LogP contribution >= 0.6 is 0 Å². The van der Waals surface area contributed by atoms with Crippen molar-refractivity contribution in [2.75, 3.05) is 18.0 Å². The van der Waals surface area contributed by atoms with Gasteiger partial charge in [-0.2, -0.15) is 13.2 Å². The van der Waals surface area contributed by atoms with Gasteiger partial charge in [-0.15, -0.1) is 0 Å². The van der Waals surface area contributed by atoms with Crippen LogP contribution in [0.4, 0.5) is 24.5 Å². The standard InChI is InChI=1S/C32H26F3N5/c33-32(34,35)24-13-16-28(39-17-7-8-18-39)27(19-24)37-20-29-38-30-25(22-9-3-1-4-10-22)14-15-26(31(30)40(29)21-36)23-11-5-2-6-12-23/h1-6,9-16,19-21,36H,7-8,17-18H2/b36-21?,37-20+. The molecule has 5 aromatic rings. The number of hydrogen-bond acceptors (Lipinski definition) is 4. The third-order valence-corrected chi connectivity index (χ3v) is 7.23. The molecule has 8 heteroatoms. The van der Waals surface area contributed by atoms with Crippen molar-refractivity contribution in [2.45, 2.75) is 19.0 Å². The van der Waals surface area contributed by atoms with Crippen molar-refractivity contribution in [1.82, 2.24) is 9.55 Å². The number of aromatic nitrogens is 2. The van der Waals surface area contributed by atoms with E-state index in [4.69, 9.17) is 10.4 Å². The molecule has 0 radical (unpaired) electrons. The predicted molar refractivity (Wildman–Crippen MR) is 155 cm³/mol. The minimum atomic E-state index is -4.48. The lowest BCUT2D eigenvalue weighted by molar-refractivity contribution is -0.137. The van der Waals surface area contributed by atoms with Gasteiger partial charge in [-0.3, -0.25) is 15.0 Å². The quantitative estimate of drug-likeness (QED) is 0.175. The van der Waals surface area contributed by atoms with Crippen molar-refractivity contribution in [2.24, 2.45) is 4.99 Å². The summed E-state index contributed by atoms with van der Waals surface area (Å²) in [5, 5.41) is 8.27. The number of aliphatic imine (C=N–C) groups is 1. The molecule has 6 rings (SSSR count). The zero-order valence-corrected chi connectivity index (χ0v) is 21.6. The number of rotatable bonds is 6. The first-order chi connectivity index (χ1) is 19.4. The number of fused-ring (bicyclic) bond motifs is 1. The molecule has 1 aliphatic heterocycles. The highest BCUT2D eigenvalue weighted by atomic mass is 19.4. The lowest BCUT2D eigenvalue weighted by Gasteiger charge is -2.20. The van der Waals surface area contributed by atoms with Crippen molar-refractivity contribution >= 4 is 35.0 Å². The molecule has 5 nitrogen and oxygen atoms in total. The van der Waals surface area contributed by atoms with E-state index in [1.807, 2.05) is 72.8 Å². The minimum absolute atomic E-state index is 0.229. The topological polar surface area (TPSA) is 57.3 Å². The van der Waals surface area contributed by atoms with Crippen LogP contribution in [-0.2, 0) is 6.18 Å². The van der Waals surface area contributed by atoms with Crippen LogP contribution in [0.3, 0.4) is 0 Å². The lowest BCUT2D eigenvalue weighted by atomic mass is 9.98. The van der Waals surface area contributed by atoms with Crippen LogP contribution in [0.2, 0.25) is 0 Å². The van der Waals surface area contributed by atoms with Gasteiger partial charge >= 0.3 is 6.18 Å². The van der Waals surface area contributed by atoms with E-state index in [0.717, 1.165) is 65.8 Å². The van der Waals surface area contributed by atoms with Crippen molar-refractivity contribution in [3.05, 3.63) is 102 Å². The molecule has 40 heavy (non-hydrogen) atoms. The van der Waals surface area contributed by atoms with Gasteiger partial charge in [0.2, 0.25) is 0 Å². The maximum Gasteiger partial charge on any atom is 0.416 e. The summed E-state index contributed by atoms with van der Waals surface area (Å²) >= 11 is 0. The first-order valence-electron chi connectivity index (χ1n) is 13.1. The van der Waals surface area contributed by atoms with E-state index in [0.29, 0.717) is 17.0 Å². The number of benzene rings is 4. The summed E-state index contributed by atoms with van der Waals surface area (Å²) < 4.78 is 42.4. The van der Waals surface area contributed by atoms with Crippen LogP contribution in [0.5, 0.6) is 0 Å². The average Bonchev–Trinajstić information content (AvgIpc) is 3.64. The highest BCUT2D eigenvalue weighted by molar-refractivity contribution is 6.06. The Kier molecular flexibility index (Phi) is 6.67. The predicted octanol–water partition coefficient (Wildman–Crippen LogP) is 8.20. The number of anilines is 1. The smallest absolute Gasteiger partial charge is 0.370 e. The number of nitrogens with zero attached hydrogens (tertiary/aromatic N) is 4. The van der Waals surface area contributed by atoms with Gasteiger partial charge in [0.1, 0.15) is 0 Å². The molecule has 200 valence electrons. The molecular formula is C32H26F3N5. The summed E-state index contributed by atoms with van der Waals surface area (Å²) in [5.74, 6) is 0.357. The molecule has 2 heterocycles. The van der Waals surface area contributed by atoms with Gasteiger partial charge in [0.25, 0.3) is 0 Å². The summed E-state index contributed by atoms with van der Waals surface area (Å²) in [5.41, 5.74) is 5.27. The van der Waals surface area contributed by atoms with Crippen LogP contribution in [0.1, 0.15) is 24.2 Å². The van der Waals surface area contributed by atoms with Gasteiger partial charge in [-0.05, 0) is 42.2 Å². The number of nitrogens with one attached hydrogen (secondary N) is 1. The number of halogens is 3. The highest BCUT2D eigenvalue weighted by Gasteiger charge is 2.31. The maximum absolute atomic E-state index is 13.6. The molecule has 1 aromatic heterocycles. The average molecular weight is 538 g/mol. The highest BCUT2D eigenvalue weighted by Crippen LogP contribution is 2.39. The molecule has 0 unspecified atom stereocenters. The molecule has 1 aliphatic rings. The van der Waals surface area contributed by atoms with E-state index < -0.39 is 11.7 Å². The molecule has 0 bridgehead atoms. The van der Waals surface area contributed by atoms with Crippen LogP contribution < -0.4 is 4.90 Å². The lowest BCUT2D eigenvalue weighted by Crippen LogP contribution is -2.18. The summed E-state index contributed by atoms with van der Waals surface area (Å²) in [7, 11) is 0. The van der Waals surface area contributed by atoms with E-state index in [9.17, 15) is 13.2 Å². The van der Waals surface area contributed by atoms with Crippen LogP contribution in [0.25, 0.3) is 33.3 Å². The molecule has 0 amide bonds. The minimum Gasteiger partial charge on any atom is -0.370 e. The van der Waals surface area contributed by atoms with E-state index in [2.05, 4.69) is 9.89 Å². The largest absolute Gasteiger partial charge is 0.416 e. The third-order valence-electron chi connectivity index (χ3n) is 7.23. The van der Waals surface area contributed by atoms with Gasteiger partial charge < -0.3 is 4.90 Å². The van der Waals surface area contributed by atoms with Crippen LogP contribution in [0.15, 0.2) is 96.0 Å². The first-order valence-corrected chi connectivity index (χ1v) is 13.1. The zero-order valence-electron chi connectivity index (χ0n) is 21.6. The fraction of sp³-hybridized carbons (Fsp3) is 0.156. The SMILES string of the molecule is N=Cn1c(/C=N/c2cc(C(F)(F)F)ccc2N2CCCC2)nc2c(-c3ccccc3)ccc(-c3ccccc3)c21. The van der Waals surface area contributed by atoms with Crippen LogP contribution in [-0.4, -0.2) is 35.2 Å².